The number of anilines is 2. The SMILES string of the molecule is Cc1ccc(NC(=O)C(F)(F)C2(O)CCC2)c(N(C)C)n1. The van der Waals surface area contributed by atoms with E-state index < -0.39 is 17.4 Å². The van der Waals surface area contributed by atoms with Crippen molar-refractivity contribution in [2.24, 2.45) is 0 Å². The summed E-state index contributed by atoms with van der Waals surface area (Å²) in [4.78, 5) is 17.7. The van der Waals surface area contributed by atoms with Crippen LogP contribution in [0.4, 0.5) is 20.3 Å². The summed E-state index contributed by atoms with van der Waals surface area (Å²) in [5, 5.41) is 12.0. The van der Waals surface area contributed by atoms with Gasteiger partial charge in [-0.2, -0.15) is 8.78 Å². The first kappa shape index (κ1) is 15.6. The molecule has 2 N–H and O–H groups in total. The molecule has 0 aromatic carbocycles. The molecular weight excluding hydrogens is 280 g/mol. The monoisotopic (exact) mass is 299 g/mol. The van der Waals surface area contributed by atoms with Gasteiger partial charge in [0.1, 0.15) is 5.60 Å². The van der Waals surface area contributed by atoms with Crippen LogP contribution in [0.1, 0.15) is 25.0 Å². The third-order valence-electron chi connectivity index (χ3n) is 3.74. The first-order valence-corrected chi connectivity index (χ1v) is 6.74. The highest BCUT2D eigenvalue weighted by atomic mass is 19.3. The molecule has 116 valence electrons. The molecule has 0 bridgehead atoms. The number of amides is 1. The standard InChI is InChI=1S/C14H19F2N3O2/c1-9-5-6-10(11(17-9)19(2)3)18-12(20)14(15,16)13(21)7-4-8-13/h5-6,21H,4,7-8H2,1-3H3,(H,18,20). The largest absolute Gasteiger partial charge is 0.383 e. The molecule has 1 aromatic rings. The number of aryl methyl sites for hydroxylation is 1. The lowest BCUT2D eigenvalue weighted by Gasteiger charge is -2.41. The Labute approximate surface area is 122 Å². The normalized spacial score (nSPS) is 17.0. The fourth-order valence-corrected chi connectivity index (χ4v) is 2.22. The third kappa shape index (κ3) is 2.70. The molecule has 2 rings (SSSR count). The van der Waals surface area contributed by atoms with Crippen LogP contribution >= 0.6 is 0 Å². The molecule has 1 aliphatic carbocycles. The Bertz CT molecular complexity index is 557. The Hall–Kier alpha value is -1.76. The molecule has 0 atom stereocenters. The molecule has 0 saturated heterocycles. The summed E-state index contributed by atoms with van der Waals surface area (Å²) >= 11 is 0. The van der Waals surface area contributed by atoms with Crippen LogP contribution in [0.15, 0.2) is 12.1 Å². The molecule has 21 heavy (non-hydrogen) atoms. The summed E-state index contributed by atoms with van der Waals surface area (Å²) in [5.41, 5.74) is -1.33. The number of hydrogen-bond donors (Lipinski definition) is 2. The van der Waals surface area contributed by atoms with E-state index in [4.69, 9.17) is 0 Å². The minimum Gasteiger partial charge on any atom is -0.383 e. The minimum atomic E-state index is -3.82. The van der Waals surface area contributed by atoms with Gasteiger partial charge in [0, 0.05) is 19.8 Å². The van der Waals surface area contributed by atoms with Gasteiger partial charge in [-0.3, -0.25) is 4.79 Å². The second-order valence-corrected chi connectivity index (χ2v) is 5.63. The Morgan fingerprint density at radius 2 is 2.05 bits per heavy atom. The number of halogens is 2. The molecular formula is C14H19F2N3O2. The van der Waals surface area contributed by atoms with Crippen molar-refractivity contribution < 1.29 is 18.7 Å². The van der Waals surface area contributed by atoms with Crippen molar-refractivity contribution in [2.45, 2.75) is 37.7 Å². The Balaban J connectivity index is 2.24. The molecule has 1 heterocycles. The highest BCUT2D eigenvalue weighted by molar-refractivity contribution is 5.99. The number of aliphatic hydroxyl groups is 1. The van der Waals surface area contributed by atoms with Gasteiger partial charge in [-0.15, -0.1) is 0 Å². The predicted molar refractivity (Wildman–Crippen MR) is 75.7 cm³/mol. The van der Waals surface area contributed by atoms with E-state index in [-0.39, 0.29) is 18.5 Å². The molecule has 7 heteroatoms. The minimum absolute atomic E-state index is 0.0693. The fraction of sp³-hybridized carbons (Fsp3) is 0.571. The van der Waals surface area contributed by atoms with Crippen LogP contribution in [-0.2, 0) is 4.79 Å². The van der Waals surface area contributed by atoms with E-state index in [0.29, 0.717) is 17.9 Å². The van der Waals surface area contributed by atoms with Crippen LogP contribution in [0.25, 0.3) is 0 Å². The number of pyridine rings is 1. The van der Waals surface area contributed by atoms with E-state index in [1.807, 2.05) is 0 Å². The van der Waals surface area contributed by atoms with Gasteiger partial charge in [-0.05, 0) is 38.3 Å². The van der Waals surface area contributed by atoms with Crippen LogP contribution in [0, 0.1) is 6.92 Å². The molecule has 0 aliphatic heterocycles. The van der Waals surface area contributed by atoms with Gasteiger partial charge in [-0.25, -0.2) is 4.98 Å². The maximum Gasteiger partial charge on any atom is 0.352 e. The lowest BCUT2D eigenvalue weighted by atomic mass is 9.75. The highest BCUT2D eigenvalue weighted by Gasteiger charge is 2.61. The highest BCUT2D eigenvalue weighted by Crippen LogP contribution is 2.44. The zero-order chi connectivity index (χ0) is 15.8. The number of rotatable bonds is 4. The van der Waals surface area contributed by atoms with Crippen LogP contribution < -0.4 is 10.2 Å². The van der Waals surface area contributed by atoms with Gasteiger partial charge in [0.25, 0.3) is 5.91 Å². The van der Waals surface area contributed by atoms with Gasteiger partial charge in [0.2, 0.25) is 0 Å². The summed E-state index contributed by atoms with van der Waals surface area (Å²) in [5.74, 6) is -4.93. The Kier molecular flexibility index (Phi) is 3.88. The number of nitrogens with zero attached hydrogens (tertiary/aromatic N) is 2. The van der Waals surface area contributed by atoms with Gasteiger partial charge in [0.15, 0.2) is 5.82 Å². The molecule has 1 saturated carbocycles. The molecule has 5 nitrogen and oxygen atoms in total. The van der Waals surface area contributed by atoms with Crippen molar-refractivity contribution in [1.82, 2.24) is 4.98 Å². The zero-order valence-electron chi connectivity index (χ0n) is 12.3. The number of carbonyl (C=O) groups excluding carboxylic acids is 1. The summed E-state index contributed by atoms with van der Waals surface area (Å²) in [6.45, 7) is 1.77. The maximum absolute atomic E-state index is 14.0. The van der Waals surface area contributed by atoms with Crippen LogP contribution in [0.5, 0.6) is 0 Å². The van der Waals surface area contributed by atoms with Crippen LogP contribution in [0.3, 0.4) is 0 Å². The number of alkyl halides is 2. The average Bonchev–Trinajstić information content (AvgIpc) is 2.37. The Morgan fingerprint density at radius 1 is 1.43 bits per heavy atom. The molecule has 1 aliphatic rings. The Morgan fingerprint density at radius 3 is 2.52 bits per heavy atom. The second-order valence-electron chi connectivity index (χ2n) is 5.63. The van der Waals surface area contributed by atoms with Gasteiger partial charge >= 0.3 is 5.92 Å². The molecule has 1 fully saturated rings. The van der Waals surface area contributed by atoms with E-state index in [0.717, 1.165) is 0 Å². The van der Waals surface area contributed by atoms with Crippen molar-refractivity contribution in [3.8, 4) is 0 Å². The number of hydrogen-bond acceptors (Lipinski definition) is 4. The van der Waals surface area contributed by atoms with E-state index in [1.54, 1.807) is 32.0 Å². The smallest absolute Gasteiger partial charge is 0.352 e. The summed E-state index contributed by atoms with van der Waals surface area (Å²) < 4.78 is 28.1. The van der Waals surface area contributed by atoms with E-state index in [2.05, 4.69) is 10.3 Å². The molecule has 0 radical (unpaired) electrons. The number of aromatic nitrogens is 1. The second kappa shape index (κ2) is 5.22. The summed E-state index contributed by atoms with van der Waals surface area (Å²) in [7, 11) is 3.41. The fourth-order valence-electron chi connectivity index (χ4n) is 2.22. The maximum atomic E-state index is 14.0. The summed E-state index contributed by atoms with van der Waals surface area (Å²) in [6.07, 6.45) is 0.356. The first-order chi connectivity index (χ1) is 9.67. The zero-order valence-corrected chi connectivity index (χ0v) is 12.3. The quantitative estimate of drug-likeness (QED) is 0.892. The van der Waals surface area contributed by atoms with E-state index >= 15 is 0 Å². The number of nitrogens with one attached hydrogen (secondary N) is 1. The number of carbonyl (C=O) groups is 1. The third-order valence-corrected chi connectivity index (χ3v) is 3.74. The molecule has 0 unspecified atom stereocenters. The lowest BCUT2D eigenvalue weighted by Crippen LogP contribution is -2.59. The topological polar surface area (TPSA) is 65.5 Å². The van der Waals surface area contributed by atoms with E-state index in [9.17, 15) is 18.7 Å². The molecule has 0 spiro atoms. The van der Waals surface area contributed by atoms with Crippen molar-refractivity contribution in [2.75, 3.05) is 24.3 Å². The van der Waals surface area contributed by atoms with Crippen LogP contribution in [0.2, 0.25) is 0 Å². The molecule has 1 aromatic heterocycles. The predicted octanol–water partition coefficient (Wildman–Crippen LogP) is 1.94. The van der Waals surface area contributed by atoms with Crippen molar-refractivity contribution in [3.63, 3.8) is 0 Å². The van der Waals surface area contributed by atoms with Crippen LogP contribution in [-0.4, -0.2) is 41.6 Å². The van der Waals surface area contributed by atoms with Crippen molar-refractivity contribution in [1.29, 1.82) is 0 Å². The summed E-state index contributed by atoms with van der Waals surface area (Å²) in [6, 6.07) is 3.15. The van der Waals surface area contributed by atoms with Crippen molar-refractivity contribution >= 4 is 17.4 Å². The van der Waals surface area contributed by atoms with Gasteiger partial charge < -0.3 is 15.3 Å². The van der Waals surface area contributed by atoms with Gasteiger partial charge in [0.05, 0.1) is 5.69 Å². The molecule has 1 amide bonds. The van der Waals surface area contributed by atoms with E-state index in [1.165, 1.54) is 6.07 Å². The van der Waals surface area contributed by atoms with Gasteiger partial charge in [-0.1, -0.05) is 0 Å². The van der Waals surface area contributed by atoms with Crippen molar-refractivity contribution in [3.05, 3.63) is 17.8 Å². The lowest BCUT2D eigenvalue weighted by molar-refractivity contribution is -0.212. The average molecular weight is 299 g/mol. The first-order valence-electron chi connectivity index (χ1n) is 6.74.